The van der Waals surface area contributed by atoms with Crippen LogP contribution in [-0.2, 0) is 6.54 Å². The first-order chi connectivity index (χ1) is 7.59. The lowest BCUT2D eigenvalue weighted by atomic mass is 9.75. The summed E-state index contributed by atoms with van der Waals surface area (Å²) >= 11 is 1.90. The third-order valence-electron chi connectivity index (χ3n) is 3.67. The minimum atomic E-state index is 0.161. The van der Waals surface area contributed by atoms with E-state index in [0.29, 0.717) is 0 Å². The number of rotatable bonds is 5. The molecule has 1 saturated carbocycles. The molecule has 1 aliphatic carbocycles. The van der Waals surface area contributed by atoms with Crippen molar-refractivity contribution in [3.63, 3.8) is 0 Å². The number of thiophene rings is 1. The highest BCUT2D eigenvalue weighted by atomic mass is 32.1. The number of nitrogens with two attached hydrogens (primary N) is 1. The number of hydrogen-bond donors (Lipinski definition) is 2. The monoisotopic (exact) mass is 238 g/mol. The van der Waals surface area contributed by atoms with Crippen LogP contribution in [0.25, 0.3) is 0 Å². The fourth-order valence-electron chi connectivity index (χ4n) is 2.17. The van der Waals surface area contributed by atoms with Gasteiger partial charge in [-0.2, -0.15) is 0 Å². The van der Waals surface area contributed by atoms with Crippen LogP contribution in [0.2, 0.25) is 0 Å². The van der Waals surface area contributed by atoms with Gasteiger partial charge in [0.2, 0.25) is 0 Å². The molecule has 90 valence electrons. The van der Waals surface area contributed by atoms with Crippen LogP contribution in [0.5, 0.6) is 0 Å². The van der Waals surface area contributed by atoms with E-state index in [1.54, 1.807) is 0 Å². The van der Waals surface area contributed by atoms with Crippen LogP contribution in [-0.4, -0.2) is 12.1 Å². The van der Waals surface area contributed by atoms with Gasteiger partial charge in [-0.05, 0) is 57.7 Å². The van der Waals surface area contributed by atoms with Crippen LogP contribution in [0, 0.1) is 13.8 Å². The fraction of sp³-hybridized carbons (Fsp3) is 0.692. The van der Waals surface area contributed by atoms with Crippen LogP contribution in [0.3, 0.4) is 0 Å². The highest BCUT2D eigenvalue weighted by molar-refractivity contribution is 7.12. The fourth-order valence-corrected chi connectivity index (χ4v) is 3.19. The van der Waals surface area contributed by atoms with Gasteiger partial charge in [-0.15, -0.1) is 11.3 Å². The average Bonchev–Trinajstić information content (AvgIpc) is 2.51. The molecule has 3 N–H and O–H groups in total. The molecule has 16 heavy (non-hydrogen) atoms. The smallest absolute Gasteiger partial charge is 0.0299 e. The summed E-state index contributed by atoms with van der Waals surface area (Å²) in [6, 6.07) is 2.29. The van der Waals surface area contributed by atoms with Gasteiger partial charge in [-0.25, -0.2) is 0 Å². The molecule has 0 unspecified atom stereocenters. The van der Waals surface area contributed by atoms with E-state index in [0.717, 1.165) is 19.5 Å². The third kappa shape index (κ3) is 2.84. The first kappa shape index (κ1) is 12.1. The van der Waals surface area contributed by atoms with Crippen molar-refractivity contribution in [2.75, 3.05) is 6.54 Å². The topological polar surface area (TPSA) is 38.0 Å². The second-order valence-electron chi connectivity index (χ2n) is 5.09. The maximum absolute atomic E-state index is 6.17. The Kier molecular flexibility index (Phi) is 3.67. The first-order valence-corrected chi connectivity index (χ1v) is 6.96. The molecular weight excluding hydrogens is 216 g/mol. The molecule has 1 aliphatic rings. The standard InChI is InChI=1S/C13H22N2S/c1-10-8-12(16-11(10)2)9-15-7-6-13(14)4-3-5-13/h8,15H,3-7,9,14H2,1-2H3. The van der Waals surface area contributed by atoms with Crippen molar-refractivity contribution >= 4 is 11.3 Å². The molecule has 0 amide bonds. The molecule has 1 aromatic heterocycles. The molecule has 0 atom stereocenters. The van der Waals surface area contributed by atoms with Gasteiger partial charge in [0, 0.05) is 21.8 Å². The predicted octanol–water partition coefficient (Wildman–Crippen LogP) is 2.73. The zero-order valence-corrected chi connectivity index (χ0v) is 11.1. The molecule has 0 spiro atoms. The lowest BCUT2D eigenvalue weighted by Gasteiger charge is -2.38. The normalized spacial score (nSPS) is 18.4. The summed E-state index contributed by atoms with van der Waals surface area (Å²) in [5, 5.41) is 3.50. The van der Waals surface area contributed by atoms with Crippen LogP contribution in [0.15, 0.2) is 6.07 Å². The molecule has 0 aromatic carbocycles. The van der Waals surface area contributed by atoms with E-state index in [1.807, 2.05) is 11.3 Å². The molecule has 0 aliphatic heterocycles. The Labute approximate surface area is 102 Å². The van der Waals surface area contributed by atoms with E-state index in [1.165, 1.54) is 34.6 Å². The van der Waals surface area contributed by atoms with Crippen molar-refractivity contribution in [1.82, 2.24) is 5.32 Å². The van der Waals surface area contributed by atoms with Gasteiger partial charge in [-0.3, -0.25) is 0 Å². The number of hydrogen-bond acceptors (Lipinski definition) is 3. The number of aryl methyl sites for hydroxylation is 2. The van der Waals surface area contributed by atoms with Crippen molar-refractivity contribution in [3.05, 3.63) is 21.4 Å². The zero-order valence-electron chi connectivity index (χ0n) is 10.3. The Balaban J connectivity index is 1.68. The van der Waals surface area contributed by atoms with E-state index < -0.39 is 0 Å². The van der Waals surface area contributed by atoms with Crippen LogP contribution in [0.4, 0.5) is 0 Å². The summed E-state index contributed by atoms with van der Waals surface area (Å²) in [5.41, 5.74) is 7.75. The Morgan fingerprint density at radius 3 is 2.69 bits per heavy atom. The molecule has 2 rings (SSSR count). The highest BCUT2D eigenvalue weighted by Crippen LogP contribution is 2.31. The van der Waals surface area contributed by atoms with Gasteiger partial charge in [-0.1, -0.05) is 0 Å². The molecular formula is C13H22N2S. The molecule has 2 nitrogen and oxygen atoms in total. The van der Waals surface area contributed by atoms with Crippen molar-refractivity contribution in [1.29, 1.82) is 0 Å². The molecule has 3 heteroatoms. The summed E-state index contributed by atoms with van der Waals surface area (Å²) < 4.78 is 0. The Morgan fingerprint density at radius 1 is 1.44 bits per heavy atom. The second-order valence-corrected chi connectivity index (χ2v) is 6.44. The maximum atomic E-state index is 6.17. The van der Waals surface area contributed by atoms with E-state index >= 15 is 0 Å². The van der Waals surface area contributed by atoms with Gasteiger partial charge < -0.3 is 11.1 Å². The molecule has 0 saturated heterocycles. The van der Waals surface area contributed by atoms with Crippen molar-refractivity contribution < 1.29 is 0 Å². The van der Waals surface area contributed by atoms with Crippen LogP contribution < -0.4 is 11.1 Å². The summed E-state index contributed by atoms with van der Waals surface area (Å²) in [6.45, 7) is 6.41. The minimum absolute atomic E-state index is 0.161. The largest absolute Gasteiger partial charge is 0.325 e. The second kappa shape index (κ2) is 4.86. The van der Waals surface area contributed by atoms with Gasteiger partial charge in [0.05, 0.1) is 0 Å². The molecule has 0 radical (unpaired) electrons. The summed E-state index contributed by atoms with van der Waals surface area (Å²) in [5.74, 6) is 0. The lowest BCUT2D eigenvalue weighted by Crippen LogP contribution is -2.48. The van der Waals surface area contributed by atoms with Crippen molar-refractivity contribution in [2.45, 2.75) is 51.6 Å². The lowest BCUT2D eigenvalue weighted by molar-refractivity contribution is 0.229. The summed E-state index contributed by atoms with van der Waals surface area (Å²) in [4.78, 5) is 2.88. The Morgan fingerprint density at radius 2 is 2.19 bits per heavy atom. The highest BCUT2D eigenvalue weighted by Gasteiger charge is 2.31. The molecule has 1 aromatic rings. The van der Waals surface area contributed by atoms with E-state index in [2.05, 4.69) is 25.2 Å². The first-order valence-electron chi connectivity index (χ1n) is 6.15. The molecule has 0 bridgehead atoms. The van der Waals surface area contributed by atoms with Gasteiger partial charge in [0.15, 0.2) is 0 Å². The predicted molar refractivity (Wildman–Crippen MR) is 70.9 cm³/mol. The minimum Gasteiger partial charge on any atom is -0.325 e. The summed E-state index contributed by atoms with van der Waals surface area (Å²) in [7, 11) is 0. The Bertz CT molecular complexity index is 333. The van der Waals surface area contributed by atoms with Crippen LogP contribution in [0.1, 0.15) is 41.0 Å². The zero-order chi connectivity index (χ0) is 11.6. The van der Waals surface area contributed by atoms with Crippen molar-refractivity contribution in [3.8, 4) is 0 Å². The summed E-state index contributed by atoms with van der Waals surface area (Å²) in [6.07, 6.45) is 4.87. The maximum Gasteiger partial charge on any atom is 0.0299 e. The Hall–Kier alpha value is -0.380. The average molecular weight is 238 g/mol. The molecule has 1 fully saturated rings. The van der Waals surface area contributed by atoms with E-state index in [9.17, 15) is 0 Å². The number of nitrogens with one attached hydrogen (secondary N) is 1. The van der Waals surface area contributed by atoms with Gasteiger partial charge >= 0.3 is 0 Å². The van der Waals surface area contributed by atoms with Crippen LogP contribution >= 0.6 is 11.3 Å². The quantitative estimate of drug-likeness (QED) is 0.774. The molecule has 1 heterocycles. The van der Waals surface area contributed by atoms with E-state index in [4.69, 9.17) is 5.73 Å². The third-order valence-corrected chi connectivity index (χ3v) is 4.82. The van der Waals surface area contributed by atoms with Crippen molar-refractivity contribution in [2.24, 2.45) is 5.73 Å². The van der Waals surface area contributed by atoms with E-state index in [-0.39, 0.29) is 5.54 Å². The van der Waals surface area contributed by atoms with Gasteiger partial charge in [0.25, 0.3) is 0 Å². The SMILES string of the molecule is Cc1cc(CNCCC2(N)CCC2)sc1C. The van der Waals surface area contributed by atoms with Gasteiger partial charge in [0.1, 0.15) is 0 Å².